The van der Waals surface area contributed by atoms with E-state index < -0.39 is 22.8 Å². The van der Waals surface area contributed by atoms with Gasteiger partial charge in [0.2, 0.25) is 0 Å². The zero-order valence-electron chi connectivity index (χ0n) is 20.6. The van der Waals surface area contributed by atoms with Gasteiger partial charge in [-0.05, 0) is 56.7 Å². The minimum atomic E-state index is -0.636. The van der Waals surface area contributed by atoms with Gasteiger partial charge < -0.3 is 4.74 Å². The summed E-state index contributed by atoms with van der Waals surface area (Å²) in [4.78, 5) is 38.3. The first-order chi connectivity index (χ1) is 17.7. The predicted octanol–water partition coefficient (Wildman–Crippen LogP) is 4.46. The Hall–Kier alpha value is -5.04. The van der Waals surface area contributed by atoms with Gasteiger partial charge in [0.15, 0.2) is 5.75 Å². The van der Waals surface area contributed by atoms with Gasteiger partial charge in [0.1, 0.15) is 17.3 Å². The summed E-state index contributed by atoms with van der Waals surface area (Å²) in [5.41, 5.74) is 2.08. The van der Waals surface area contributed by atoms with Crippen molar-refractivity contribution < 1.29 is 19.2 Å². The molecule has 1 aliphatic heterocycles. The fraction of sp³-hybridized carbons (Fsp3) is 0.185. The normalized spacial score (nSPS) is 14.9. The second-order valence-electron chi connectivity index (χ2n) is 8.60. The number of imide groups is 1. The lowest BCUT2D eigenvalue weighted by Gasteiger charge is -2.30. The molecular formula is C27H23N5O5. The van der Waals surface area contributed by atoms with Crippen LogP contribution in [-0.2, 0) is 9.59 Å². The van der Waals surface area contributed by atoms with Gasteiger partial charge in [-0.3, -0.25) is 24.6 Å². The van der Waals surface area contributed by atoms with Crippen molar-refractivity contribution in [3.8, 4) is 28.8 Å². The van der Waals surface area contributed by atoms with Gasteiger partial charge in [-0.1, -0.05) is 18.2 Å². The Morgan fingerprint density at radius 3 is 2.43 bits per heavy atom. The summed E-state index contributed by atoms with van der Waals surface area (Å²) >= 11 is 0. The number of hydrogen-bond acceptors (Lipinski definition) is 7. The van der Waals surface area contributed by atoms with Crippen molar-refractivity contribution in [3.63, 3.8) is 0 Å². The quantitative estimate of drug-likeness (QED) is 0.213. The summed E-state index contributed by atoms with van der Waals surface area (Å²) in [7, 11) is 1.35. The van der Waals surface area contributed by atoms with Crippen LogP contribution >= 0.6 is 0 Å². The van der Waals surface area contributed by atoms with E-state index in [2.05, 4.69) is 5.10 Å². The molecule has 1 aromatic heterocycles. The Kier molecular flexibility index (Phi) is 6.71. The van der Waals surface area contributed by atoms with Gasteiger partial charge in [-0.15, -0.1) is 0 Å². The third-order valence-corrected chi connectivity index (χ3v) is 6.00. The molecule has 3 aromatic rings. The van der Waals surface area contributed by atoms with Gasteiger partial charge in [0, 0.05) is 35.0 Å². The highest BCUT2D eigenvalue weighted by Gasteiger charge is 2.37. The topological polar surface area (TPSA) is 131 Å². The van der Waals surface area contributed by atoms with Crippen molar-refractivity contribution in [2.75, 3.05) is 7.11 Å². The Balaban J connectivity index is 1.98. The second-order valence-corrected chi connectivity index (χ2v) is 8.60. The molecule has 2 heterocycles. The van der Waals surface area contributed by atoms with Crippen LogP contribution in [0.3, 0.4) is 0 Å². The van der Waals surface area contributed by atoms with E-state index in [0.717, 1.165) is 10.6 Å². The lowest BCUT2D eigenvalue weighted by molar-refractivity contribution is -0.385. The molecule has 0 radical (unpaired) electrons. The van der Waals surface area contributed by atoms with Crippen molar-refractivity contribution in [2.45, 2.75) is 26.8 Å². The van der Waals surface area contributed by atoms with Crippen molar-refractivity contribution in [1.82, 2.24) is 14.7 Å². The smallest absolute Gasteiger partial charge is 0.311 e. The average molecular weight is 498 g/mol. The largest absolute Gasteiger partial charge is 0.490 e. The van der Waals surface area contributed by atoms with E-state index in [0.29, 0.717) is 16.8 Å². The molecule has 2 aromatic carbocycles. The minimum absolute atomic E-state index is 0.0992. The molecule has 0 bridgehead atoms. The summed E-state index contributed by atoms with van der Waals surface area (Å²) in [5, 5.41) is 25.9. The highest BCUT2D eigenvalue weighted by atomic mass is 16.6. The number of para-hydroxylation sites is 1. The predicted molar refractivity (Wildman–Crippen MR) is 135 cm³/mol. The molecule has 2 amide bonds. The second kappa shape index (κ2) is 9.91. The fourth-order valence-corrected chi connectivity index (χ4v) is 4.13. The van der Waals surface area contributed by atoms with Gasteiger partial charge in [-0.2, -0.15) is 10.4 Å². The van der Waals surface area contributed by atoms with E-state index in [1.807, 2.05) is 36.4 Å². The van der Waals surface area contributed by atoms with Crippen LogP contribution in [0, 0.1) is 21.4 Å². The van der Waals surface area contributed by atoms with Crippen LogP contribution in [0.2, 0.25) is 0 Å². The number of benzene rings is 2. The van der Waals surface area contributed by atoms with E-state index in [-0.39, 0.29) is 28.2 Å². The first-order valence-electron chi connectivity index (χ1n) is 11.4. The molecule has 186 valence electrons. The maximum atomic E-state index is 13.4. The third kappa shape index (κ3) is 4.50. The van der Waals surface area contributed by atoms with Crippen LogP contribution in [-0.4, -0.2) is 44.6 Å². The molecule has 0 spiro atoms. The molecule has 0 aliphatic carbocycles. The Morgan fingerprint density at radius 2 is 1.84 bits per heavy atom. The number of nitrogens with zero attached hydrogens (tertiary/aromatic N) is 5. The molecule has 4 rings (SSSR count). The van der Waals surface area contributed by atoms with Crippen molar-refractivity contribution in [2.24, 2.45) is 0 Å². The Labute approximate surface area is 212 Å². The summed E-state index contributed by atoms with van der Waals surface area (Å²) in [6, 6.07) is 15.2. The van der Waals surface area contributed by atoms with E-state index in [1.54, 1.807) is 43.8 Å². The number of nitro benzene ring substituents is 1. The molecular weight excluding hydrogens is 474 g/mol. The molecule has 0 saturated carbocycles. The average Bonchev–Trinajstić information content (AvgIpc) is 3.30. The molecule has 37 heavy (non-hydrogen) atoms. The number of nitriles is 1. The molecule has 0 fully saturated rings. The van der Waals surface area contributed by atoms with Crippen LogP contribution < -0.4 is 4.74 Å². The van der Waals surface area contributed by atoms with E-state index >= 15 is 0 Å². The highest BCUT2D eigenvalue weighted by Crippen LogP contribution is 2.35. The Bertz CT molecular complexity index is 1530. The van der Waals surface area contributed by atoms with E-state index in [4.69, 9.17) is 4.74 Å². The lowest BCUT2D eigenvalue weighted by Crippen LogP contribution is -2.46. The number of rotatable bonds is 6. The van der Waals surface area contributed by atoms with Crippen LogP contribution in [0.4, 0.5) is 5.69 Å². The van der Waals surface area contributed by atoms with Crippen molar-refractivity contribution in [1.29, 1.82) is 5.26 Å². The molecule has 1 aliphatic rings. The van der Waals surface area contributed by atoms with Crippen molar-refractivity contribution >= 4 is 23.6 Å². The summed E-state index contributed by atoms with van der Waals surface area (Å²) in [6.07, 6.45) is 3.26. The summed E-state index contributed by atoms with van der Waals surface area (Å²) in [6.45, 7) is 4.94. The van der Waals surface area contributed by atoms with Crippen LogP contribution in [0.25, 0.3) is 23.0 Å². The first-order valence-corrected chi connectivity index (χ1v) is 11.4. The number of carbonyl (C=O) groups excluding carboxylic acids is 2. The number of aromatic nitrogens is 2. The molecule has 0 N–H and O–H groups in total. The fourth-order valence-electron chi connectivity index (χ4n) is 4.13. The van der Waals surface area contributed by atoms with Gasteiger partial charge in [0.05, 0.1) is 17.7 Å². The maximum Gasteiger partial charge on any atom is 0.311 e. The number of nitro groups is 1. The Morgan fingerprint density at radius 1 is 1.14 bits per heavy atom. The maximum absolute atomic E-state index is 13.4. The lowest BCUT2D eigenvalue weighted by atomic mass is 9.92. The standard InChI is InChI=1S/C27H23N5O5/c1-16(2)31-26(33)21(17(3)22(14-28)27(31)34)12-19-15-30(20-8-6-5-7-9-20)29-25(19)18-10-11-24(37-4)23(13-18)32(35)36/h5-13,15-16H,1-4H3/b21-12+. The minimum Gasteiger partial charge on any atom is -0.490 e. The number of ether oxygens (including phenoxy) is 1. The number of hydrogen-bond donors (Lipinski definition) is 0. The van der Waals surface area contributed by atoms with Gasteiger partial charge in [-0.25, -0.2) is 4.68 Å². The van der Waals surface area contributed by atoms with Gasteiger partial charge >= 0.3 is 5.69 Å². The number of amides is 2. The molecule has 10 heteroatoms. The van der Waals surface area contributed by atoms with E-state index in [1.165, 1.54) is 19.2 Å². The monoisotopic (exact) mass is 497 g/mol. The summed E-state index contributed by atoms with van der Waals surface area (Å²) in [5.74, 6) is -1.07. The van der Waals surface area contributed by atoms with Crippen molar-refractivity contribution in [3.05, 3.63) is 87.1 Å². The molecule has 0 atom stereocenters. The SMILES string of the molecule is COc1ccc(-c2nn(-c3ccccc3)cc2/C=C2/C(=O)N(C(C)C)C(=O)C(C#N)=C2C)cc1[N+](=O)[O-]. The zero-order chi connectivity index (χ0) is 26.9. The third-order valence-electron chi connectivity index (χ3n) is 6.00. The number of methoxy groups -OCH3 is 1. The molecule has 10 nitrogen and oxygen atoms in total. The molecule has 0 unspecified atom stereocenters. The first kappa shape index (κ1) is 25.1. The van der Waals surface area contributed by atoms with Crippen LogP contribution in [0.5, 0.6) is 5.75 Å². The van der Waals surface area contributed by atoms with Gasteiger partial charge in [0.25, 0.3) is 11.8 Å². The zero-order valence-corrected chi connectivity index (χ0v) is 20.6. The highest BCUT2D eigenvalue weighted by molar-refractivity contribution is 6.20. The van der Waals surface area contributed by atoms with Crippen LogP contribution in [0.15, 0.2) is 71.4 Å². The van der Waals surface area contributed by atoms with Crippen LogP contribution in [0.1, 0.15) is 26.3 Å². The van der Waals surface area contributed by atoms with E-state index in [9.17, 15) is 25.0 Å². The molecule has 0 saturated heterocycles. The number of carbonyl (C=O) groups is 2. The summed E-state index contributed by atoms with van der Waals surface area (Å²) < 4.78 is 6.72.